The Kier molecular flexibility index (Phi) is 4.71. The van der Waals surface area contributed by atoms with Gasteiger partial charge in [-0.3, -0.25) is 9.59 Å². The number of nitrogens with two attached hydrogens (primary N) is 1. The van der Waals surface area contributed by atoms with E-state index in [1.54, 1.807) is 17.0 Å². The van der Waals surface area contributed by atoms with Crippen LogP contribution in [-0.4, -0.2) is 30.2 Å². The lowest BCUT2D eigenvalue weighted by Crippen LogP contribution is -2.47. The number of carbonyl (C=O) groups is 2. The molecule has 0 aliphatic carbocycles. The van der Waals surface area contributed by atoms with E-state index in [4.69, 9.17) is 22.3 Å². The molecule has 0 saturated carbocycles. The highest BCUT2D eigenvalue weighted by molar-refractivity contribution is 6.33. The van der Waals surface area contributed by atoms with Gasteiger partial charge in [0, 0.05) is 23.2 Å². The highest BCUT2D eigenvalue weighted by atomic mass is 35.5. The van der Waals surface area contributed by atoms with Crippen LogP contribution in [0.3, 0.4) is 0 Å². The van der Waals surface area contributed by atoms with Gasteiger partial charge in [-0.25, -0.2) is 4.99 Å². The molecule has 0 unspecified atom stereocenters. The van der Waals surface area contributed by atoms with Crippen molar-refractivity contribution in [3.8, 4) is 0 Å². The molecule has 2 aliphatic heterocycles. The second kappa shape index (κ2) is 7.56. The zero-order valence-electron chi connectivity index (χ0n) is 16.5. The standard InChI is InChI=1S/C24H19ClN4O2/c25-18-13-16(9-10-19(18)26)23(30)28-22-24(31)29-12-11-15-7-4-8-17(21(15)29)20(27-22)14-5-2-1-3-6-14/h1-10,13,22H,11-12,26H2,(H,28,30)/t22-/m0/s1. The van der Waals surface area contributed by atoms with Crippen molar-refractivity contribution in [2.75, 3.05) is 17.2 Å². The Bertz CT molecular complexity index is 1240. The van der Waals surface area contributed by atoms with Crippen molar-refractivity contribution in [2.45, 2.75) is 12.6 Å². The molecule has 0 bridgehead atoms. The zero-order valence-corrected chi connectivity index (χ0v) is 17.3. The summed E-state index contributed by atoms with van der Waals surface area (Å²) in [5.41, 5.74) is 10.9. The quantitative estimate of drug-likeness (QED) is 0.624. The number of rotatable bonds is 3. The van der Waals surface area contributed by atoms with Crippen LogP contribution in [-0.2, 0) is 11.2 Å². The summed E-state index contributed by atoms with van der Waals surface area (Å²) >= 11 is 6.06. The molecule has 6 nitrogen and oxygen atoms in total. The first-order chi connectivity index (χ1) is 15.0. The molecule has 3 N–H and O–H groups in total. The molecule has 1 atom stereocenters. The van der Waals surface area contributed by atoms with Crippen molar-refractivity contribution in [1.82, 2.24) is 5.32 Å². The van der Waals surface area contributed by atoms with Gasteiger partial charge in [-0.2, -0.15) is 0 Å². The fourth-order valence-corrected chi connectivity index (χ4v) is 4.25. The van der Waals surface area contributed by atoms with Crippen LogP contribution in [0.4, 0.5) is 11.4 Å². The van der Waals surface area contributed by atoms with Crippen LogP contribution in [0.2, 0.25) is 5.02 Å². The summed E-state index contributed by atoms with van der Waals surface area (Å²) in [4.78, 5) is 32.8. The van der Waals surface area contributed by atoms with Gasteiger partial charge in [-0.05, 0) is 30.2 Å². The highest BCUT2D eigenvalue weighted by Gasteiger charge is 2.37. The number of amides is 2. The third kappa shape index (κ3) is 3.35. The minimum Gasteiger partial charge on any atom is -0.398 e. The minimum absolute atomic E-state index is 0.257. The van der Waals surface area contributed by atoms with Gasteiger partial charge in [0.2, 0.25) is 6.17 Å². The van der Waals surface area contributed by atoms with Gasteiger partial charge in [0.15, 0.2) is 0 Å². The van der Waals surface area contributed by atoms with E-state index in [-0.39, 0.29) is 10.9 Å². The number of aliphatic imine (C=N–C) groups is 1. The highest BCUT2D eigenvalue weighted by Crippen LogP contribution is 2.36. The van der Waals surface area contributed by atoms with Crippen LogP contribution in [0.5, 0.6) is 0 Å². The molecule has 0 saturated heterocycles. The number of hydrogen-bond donors (Lipinski definition) is 2. The first-order valence-electron chi connectivity index (χ1n) is 9.95. The molecule has 0 radical (unpaired) electrons. The van der Waals surface area contributed by atoms with Crippen molar-refractivity contribution in [1.29, 1.82) is 0 Å². The topological polar surface area (TPSA) is 87.8 Å². The summed E-state index contributed by atoms with van der Waals surface area (Å²) in [7, 11) is 0. The molecule has 0 aromatic heterocycles. The van der Waals surface area contributed by atoms with E-state index in [0.717, 1.165) is 28.8 Å². The lowest BCUT2D eigenvalue weighted by atomic mass is 9.98. The molecular weight excluding hydrogens is 412 g/mol. The van der Waals surface area contributed by atoms with E-state index < -0.39 is 12.1 Å². The van der Waals surface area contributed by atoms with Gasteiger partial charge in [-0.1, -0.05) is 60.1 Å². The molecule has 3 aromatic carbocycles. The Hall–Kier alpha value is -3.64. The molecular formula is C24H19ClN4O2. The number of benzene rings is 3. The van der Waals surface area contributed by atoms with Crippen molar-refractivity contribution in [2.24, 2.45) is 4.99 Å². The molecule has 2 amide bonds. The van der Waals surface area contributed by atoms with Crippen LogP contribution in [0.1, 0.15) is 27.0 Å². The molecule has 0 fully saturated rings. The van der Waals surface area contributed by atoms with Crippen LogP contribution in [0, 0.1) is 0 Å². The third-order valence-electron chi connectivity index (χ3n) is 5.59. The fraction of sp³-hybridized carbons (Fsp3) is 0.125. The van der Waals surface area contributed by atoms with E-state index in [1.165, 1.54) is 6.07 Å². The van der Waals surface area contributed by atoms with Crippen LogP contribution < -0.4 is 16.0 Å². The Morgan fingerprint density at radius 2 is 1.90 bits per heavy atom. The molecule has 31 heavy (non-hydrogen) atoms. The van der Waals surface area contributed by atoms with Crippen LogP contribution in [0.25, 0.3) is 0 Å². The maximum absolute atomic E-state index is 13.4. The van der Waals surface area contributed by atoms with Crippen molar-refractivity contribution in [3.05, 3.63) is 94.0 Å². The molecule has 5 rings (SSSR count). The molecule has 0 spiro atoms. The number of nitrogen functional groups attached to an aromatic ring is 1. The van der Waals surface area contributed by atoms with E-state index in [9.17, 15) is 9.59 Å². The lowest BCUT2D eigenvalue weighted by molar-refractivity contribution is -0.120. The van der Waals surface area contributed by atoms with Gasteiger partial charge in [0.1, 0.15) is 0 Å². The lowest BCUT2D eigenvalue weighted by Gasteiger charge is -2.21. The first-order valence-corrected chi connectivity index (χ1v) is 10.3. The monoisotopic (exact) mass is 430 g/mol. The minimum atomic E-state index is -1.06. The maximum Gasteiger partial charge on any atom is 0.272 e. The second-order valence-electron chi connectivity index (χ2n) is 7.51. The number of hydrogen-bond acceptors (Lipinski definition) is 4. The summed E-state index contributed by atoms with van der Waals surface area (Å²) in [5.74, 6) is -0.700. The average Bonchev–Trinajstić information content (AvgIpc) is 3.18. The summed E-state index contributed by atoms with van der Waals surface area (Å²) in [6.45, 7) is 0.558. The van der Waals surface area contributed by atoms with E-state index in [1.807, 2.05) is 48.5 Å². The third-order valence-corrected chi connectivity index (χ3v) is 5.91. The Balaban J connectivity index is 1.59. The normalized spacial score (nSPS) is 17.1. The Labute approximate surface area is 184 Å². The van der Waals surface area contributed by atoms with Gasteiger partial charge < -0.3 is 16.0 Å². The maximum atomic E-state index is 13.4. The fourth-order valence-electron chi connectivity index (χ4n) is 4.06. The molecule has 154 valence electrons. The van der Waals surface area contributed by atoms with Gasteiger partial charge in [-0.15, -0.1) is 0 Å². The number of nitrogens with one attached hydrogen (secondary N) is 1. The Morgan fingerprint density at radius 3 is 2.68 bits per heavy atom. The van der Waals surface area contributed by atoms with Crippen molar-refractivity contribution < 1.29 is 9.59 Å². The van der Waals surface area contributed by atoms with Crippen molar-refractivity contribution in [3.63, 3.8) is 0 Å². The summed E-state index contributed by atoms with van der Waals surface area (Å²) in [6.07, 6.45) is -0.289. The molecule has 2 aliphatic rings. The molecule has 3 aromatic rings. The van der Waals surface area contributed by atoms with Crippen LogP contribution >= 0.6 is 11.6 Å². The predicted octanol–water partition coefficient (Wildman–Crippen LogP) is 3.42. The van der Waals surface area contributed by atoms with Gasteiger partial charge in [0.05, 0.1) is 22.1 Å². The zero-order chi connectivity index (χ0) is 21.5. The van der Waals surface area contributed by atoms with E-state index >= 15 is 0 Å². The summed E-state index contributed by atoms with van der Waals surface area (Å²) in [6, 6.07) is 20.3. The Morgan fingerprint density at radius 1 is 1.10 bits per heavy atom. The number of para-hydroxylation sites is 1. The van der Waals surface area contributed by atoms with E-state index in [2.05, 4.69) is 5.32 Å². The van der Waals surface area contributed by atoms with E-state index in [0.29, 0.717) is 23.5 Å². The molecule has 2 heterocycles. The second-order valence-corrected chi connectivity index (χ2v) is 7.92. The van der Waals surface area contributed by atoms with Crippen LogP contribution in [0.15, 0.2) is 71.7 Å². The largest absolute Gasteiger partial charge is 0.398 e. The first kappa shape index (κ1) is 19.3. The number of carbonyl (C=O) groups excluding carboxylic acids is 2. The predicted molar refractivity (Wildman–Crippen MR) is 122 cm³/mol. The summed E-state index contributed by atoms with van der Waals surface area (Å²) < 4.78 is 0. The number of nitrogens with zero attached hydrogens (tertiary/aromatic N) is 2. The number of anilines is 2. The summed E-state index contributed by atoms with van der Waals surface area (Å²) in [5, 5.41) is 3.06. The molecule has 7 heteroatoms. The van der Waals surface area contributed by atoms with Gasteiger partial charge in [0.25, 0.3) is 11.8 Å². The van der Waals surface area contributed by atoms with Gasteiger partial charge >= 0.3 is 0 Å². The smallest absolute Gasteiger partial charge is 0.272 e. The average molecular weight is 431 g/mol. The number of halogens is 1. The van der Waals surface area contributed by atoms with Crippen molar-refractivity contribution >= 4 is 40.5 Å². The SMILES string of the molecule is Nc1ccc(C(=O)N[C@@H]2N=C(c3ccccc3)c3cccc4c3N(CC4)C2=O)cc1Cl.